The summed E-state index contributed by atoms with van der Waals surface area (Å²) >= 11 is 0. The van der Waals surface area contributed by atoms with E-state index in [1.54, 1.807) is 43.5 Å². The second kappa shape index (κ2) is 25.1. The van der Waals surface area contributed by atoms with Crippen LogP contribution in [0.5, 0.6) is 0 Å². The molecule has 0 spiro atoms. The molecule has 0 unspecified atom stereocenters. The van der Waals surface area contributed by atoms with E-state index >= 15 is 0 Å². The van der Waals surface area contributed by atoms with Crippen LogP contribution in [0, 0.1) is 0 Å². The van der Waals surface area contributed by atoms with Crippen molar-refractivity contribution in [1.82, 2.24) is 10.2 Å². The Balaban J connectivity index is 0. The normalized spacial score (nSPS) is 12.1. The summed E-state index contributed by atoms with van der Waals surface area (Å²) in [4.78, 5) is 31.8. The second-order valence-corrected chi connectivity index (χ2v) is 7.89. The summed E-state index contributed by atoms with van der Waals surface area (Å²) < 4.78 is 10.1. The van der Waals surface area contributed by atoms with Crippen molar-refractivity contribution in [1.29, 1.82) is 0 Å². The first-order valence-electron chi connectivity index (χ1n) is 12.0. The van der Waals surface area contributed by atoms with Crippen LogP contribution in [0.4, 0.5) is 17.1 Å². The van der Waals surface area contributed by atoms with Crippen LogP contribution in [0.15, 0.2) is 42.5 Å². The quantitative estimate of drug-likeness (QED) is 0.228. The van der Waals surface area contributed by atoms with Crippen LogP contribution >= 0.6 is 0 Å². The van der Waals surface area contributed by atoms with Crippen molar-refractivity contribution in [3.63, 3.8) is 0 Å². The molecule has 1 aliphatic rings. The Bertz CT molecular complexity index is 898. The minimum absolute atomic E-state index is 0. The van der Waals surface area contributed by atoms with E-state index < -0.39 is 0 Å². The zero-order chi connectivity index (χ0) is 27.9. The number of ketones is 1. The van der Waals surface area contributed by atoms with Crippen molar-refractivity contribution in [2.45, 2.75) is 13.3 Å². The number of carbonyl (C=O) groups is 3. The molecule has 4 N–H and O–H groups in total. The van der Waals surface area contributed by atoms with Gasteiger partial charge in [0.25, 0.3) is 0 Å². The number of ether oxygens (including phenoxy) is 2. The fourth-order valence-corrected chi connectivity index (χ4v) is 3.15. The molecule has 0 aliphatic carbocycles. The molecule has 3 rings (SSSR count). The molecule has 0 aromatic heterocycles. The third kappa shape index (κ3) is 18.1. The predicted molar refractivity (Wildman–Crippen MR) is 150 cm³/mol. The number of benzene rings is 2. The monoisotopic (exact) mass is 604 g/mol. The Hall–Kier alpha value is -2.21. The first-order chi connectivity index (χ1) is 17.9. The third-order valence-corrected chi connectivity index (χ3v) is 5.07. The van der Waals surface area contributed by atoms with Gasteiger partial charge < -0.3 is 36.4 Å². The molecular formula is C27H41N5O5Y-2. The molecule has 11 heteroatoms. The van der Waals surface area contributed by atoms with Gasteiger partial charge in [-0.3, -0.25) is 14.5 Å². The van der Waals surface area contributed by atoms with Gasteiger partial charge in [0.1, 0.15) is 6.79 Å². The van der Waals surface area contributed by atoms with Gasteiger partial charge in [-0.1, -0.05) is 36.4 Å². The number of Topliss-reactive ketones (excluding diaryl/α,β-unsaturated/α-hetero) is 1. The molecule has 38 heavy (non-hydrogen) atoms. The number of anilines is 1. The van der Waals surface area contributed by atoms with Crippen molar-refractivity contribution < 1.29 is 56.6 Å². The van der Waals surface area contributed by atoms with Crippen molar-refractivity contribution in [2.75, 3.05) is 72.0 Å². The molecule has 0 atom stereocenters. The summed E-state index contributed by atoms with van der Waals surface area (Å²) in [6.07, 6.45) is 1.99. The van der Waals surface area contributed by atoms with Gasteiger partial charge >= 0.3 is 0 Å². The molecule has 1 heterocycles. The third-order valence-electron chi connectivity index (χ3n) is 5.07. The van der Waals surface area contributed by atoms with Gasteiger partial charge in [-0.2, -0.15) is 0 Å². The fourth-order valence-electron chi connectivity index (χ4n) is 3.15. The van der Waals surface area contributed by atoms with Gasteiger partial charge in [-0.15, -0.1) is 11.4 Å². The maximum absolute atomic E-state index is 10.7. The van der Waals surface area contributed by atoms with Gasteiger partial charge in [0.05, 0.1) is 19.8 Å². The molecule has 1 aliphatic heterocycles. The van der Waals surface area contributed by atoms with Crippen LogP contribution < -0.4 is 10.6 Å². The van der Waals surface area contributed by atoms with Crippen LogP contribution in [-0.4, -0.2) is 90.5 Å². The van der Waals surface area contributed by atoms with Crippen molar-refractivity contribution in [2.24, 2.45) is 0 Å². The summed E-state index contributed by atoms with van der Waals surface area (Å²) in [6, 6.07) is 11.5. The molecule has 2 aromatic carbocycles. The molecule has 0 amide bonds. The topological polar surface area (TPSA) is 145 Å². The fraction of sp³-hybridized carbons (Fsp3) is 0.444. The smallest absolute Gasteiger partial charge is 0.159 e. The van der Waals surface area contributed by atoms with E-state index in [1.807, 2.05) is 13.8 Å². The average Bonchev–Trinajstić information content (AvgIpc) is 2.92. The van der Waals surface area contributed by atoms with Crippen LogP contribution in [-0.2, 0) is 47.0 Å². The van der Waals surface area contributed by atoms with Gasteiger partial charge in [0.15, 0.2) is 12.1 Å². The Morgan fingerprint density at radius 1 is 1.11 bits per heavy atom. The molecule has 0 saturated carbocycles. The molecular weight excluding hydrogens is 563 g/mol. The van der Waals surface area contributed by atoms with E-state index in [-0.39, 0.29) is 38.5 Å². The Labute approximate surface area is 252 Å². The number of methoxy groups -OCH3 is 1. The number of rotatable bonds is 10. The Morgan fingerprint density at radius 3 is 2.29 bits per heavy atom. The summed E-state index contributed by atoms with van der Waals surface area (Å²) in [5, 5.41) is 6.20. The van der Waals surface area contributed by atoms with Gasteiger partial charge in [0.2, 0.25) is 0 Å². The SMILES string of the molecule is C=O.CC(=O)c1cccc([NH-])c1.CNCCCN1CCOCC1.COCCNc1ccc([NH-])cc1C=O.[Y]. The summed E-state index contributed by atoms with van der Waals surface area (Å²) in [6.45, 7) is 11.1. The Morgan fingerprint density at radius 2 is 1.76 bits per heavy atom. The van der Waals surface area contributed by atoms with Gasteiger partial charge in [-0.25, -0.2) is 0 Å². The van der Waals surface area contributed by atoms with E-state index in [4.69, 9.17) is 25.7 Å². The molecule has 209 valence electrons. The number of carbonyl (C=O) groups excluding carboxylic acids is 3. The molecule has 1 fully saturated rings. The van der Waals surface area contributed by atoms with Crippen molar-refractivity contribution >= 4 is 35.9 Å². The van der Waals surface area contributed by atoms with E-state index in [1.165, 1.54) is 26.0 Å². The second-order valence-electron chi connectivity index (χ2n) is 7.89. The maximum Gasteiger partial charge on any atom is 0.159 e. The molecule has 1 saturated heterocycles. The minimum atomic E-state index is 0. The van der Waals surface area contributed by atoms with E-state index in [2.05, 4.69) is 15.5 Å². The number of morpholine rings is 1. The van der Waals surface area contributed by atoms with Gasteiger partial charge in [-0.05, 0) is 39.5 Å². The standard InChI is InChI=1S/C10H13N2O2.C8H18N2O.C8H8NO.CH2O.Y/c1-14-5-4-12-10-3-2-9(11)6-8(10)7-13;1-9-3-2-4-10-5-7-11-8-6-10;1-6(10)7-3-2-4-8(9)5-7;1-2;/h2-3,6-7,11H,4-5H2,1H3,(H,12,13);9H,2-8H2,1H3;2-5,9H,1H3;1H2;/q-1;;-1;;. The average molecular weight is 605 g/mol. The van der Waals surface area contributed by atoms with Crippen LogP contribution in [0.1, 0.15) is 34.1 Å². The number of nitrogens with one attached hydrogen (secondary N) is 4. The van der Waals surface area contributed by atoms with Crippen LogP contribution in [0.3, 0.4) is 0 Å². The van der Waals surface area contributed by atoms with Gasteiger partial charge in [0, 0.05) is 76.3 Å². The Kier molecular flexibility index (Phi) is 25.1. The number of hydrogen-bond donors (Lipinski definition) is 2. The maximum atomic E-state index is 10.7. The van der Waals surface area contributed by atoms with E-state index in [9.17, 15) is 9.59 Å². The minimum Gasteiger partial charge on any atom is -0.699 e. The van der Waals surface area contributed by atoms with Crippen molar-refractivity contribution in [3.8, 4) is 0 Å². The summed E-state index contributed by atoms with van der Waals surface area (Å²) in [7, 11) is 3.62. The van der Waals surface area contributed by atoms with Crippen LogP contribution in [0.25, 0.3) is 11.5 Å². The van der Waals surface area contributed by atoms with Crippen molar-refractivity contribution in [3.05, 3.63) is 65.1 Å². The predicted octanol–water partition coefficient (Wildman–Crippen LogP) is 4.55. The number of hydrogen-bond acceptors (Lipinski definition) is 8. The first kappa shape index (κ1) is 37.9. The molecule has 0 bridgehead atoms. The summed E-state index contributed by atoms with van der Waals surface area (Å²) in [5.74, 6) is 0.00843. The number of nitrogens with zero attached hydrogens (tertiary/aromatic N) is 1. The molecule has 10 nitrogen and oxygen atoms in total. The molecule has 2 aromatic rings. The largest absolute Gasteiger partial charge is 0.699 e. The zero-order valence-electron chi connectivity index (χ0n) is 22.8. The zero-order valence-corrected chi connectivity index (χ0v) is 25.6. The molecule has 1 radical (unpaired) electrons. The van der Waals surface area contributed by atoms with E-state index in [0.717, 1.165) is 44.8 Å². The number of aldehydes is 1. The first-order valence-corrected chi connectivity index (χ1v) is 12.0. The van der Waals surface area contributed by atoms with E-state index in [0.29, 0.717) is 35.7 Å². The summed E-state index contributed by atoms with van der Waals surface area (Å²) in [5.41, 5.74) is 17.1. The van der Waals surface area contributed by atoms with Crippen LogP contribution in [0.2, 0.25) is 0 Å².